The maximum atomic E-state index is 12.7. The molecule has 0 bridgehead atoms. The number of hydrogen-bond donors (Lipinski definition) is 1. The molecule has 1 atom stereocenters. The molecule has 1 amide bonds. The van der Waals surface area contributed by atoms with Crippen molar-refractivity contribution in [1.82, 2.24) is 10.3 Å². The van der Waals surface area contributed by atoms with Crippen molar-refractivity contribution in [2.24, 2.45) is 0 Å². The smallest absolute Gasteiger partial charge is 0.251 e. The van der Waals surface area contributed by atoms with Crippen LogP contribution < -0.4 is 5.32 Å². The van der Waals surface area contributed by atoms with Crippen LogP contribution in [-0.4, -0.2) is 19.3 Å². The minimum absolute atomic E-state index is 0.123. The van der Waals surface area contributed by atoms with Crippen LogP contribution in [0.5, 0.6) is 0 Å². The summed E-state index contributed by atoms with van der Waals surface area (Å²) in [4.78, 5) is 17.3. The predicted octanol–water partition coefficient (Wildman–Crippen LogP) is 5.11. The van der Waals surface area contributed by atoms with Gasteiger partial charge in [0.1, 0.15) is 11.5 Å². The Balaban J connectivity index is 1.48. The van der Waals surface area contributed by atoms with E-state index in [0.717, 1.165) is 5.56 Å². The van der Waals surface area contributed by atoms with E-state index in [1.54, 1.807) is 61.5 Å². The maximum absolute atomic E-state index is 12.7. The van der Waals surface area contributed by atoms with Crippen molar-refractivity contribution in [3.05, 3.63) is 108 Å². The van der Waals surface area contributed by atoms with Gasteiger partial charge in [0.05, 0.1) is 16.6 Å². The quantitative estimate of drug-likeness (QED) is 0.414. The zero-order valence-electron chi connectivity index (χ0n) is 18.4. The molecule has 0 aliphatic carbocycles. The van der Waals surface area contributed by atoms with Crippen LogP contribution in [0.15, 0.2) is 94.2 Å². The number of rotatable bonds is 7. The molecular formula is C26H24N2O4S. The van der Waals surface area contributed by atoms with Crippen molar-refractivity contribution in [3.8, 4) is 11.5 Å². The second-order valence-electron chi connectivity index (χ2n) is 7.78. The highest BCUT2D eigenvalue weighted by Crippen LogP contribution is 2.25. The standard InChI is InChI=1S/C26H24N2O4S/c1-18(20-9-5-3-6-10-20)27-25(29)21-13-15-22(16-14-21)26-28-24(19(2)32-26)17-33(30,31)23-11-7-4-8-12-23/h3-16,18H,17H2,1-2H3,(H,27,29)/t18-/m1/s1. The van der Waals surface area contributed by atoms with Gasteiger partial charge in [-0.15, -0.1) is 0 Å². The zero-order chi connectivity index (χ0) is 23.4. The lowest BCUT2D eigenvalue weighted by Gasteiger charge is -2.14. The first-order chi connectivity index (χ1) is 15.8. The number of benzene rings is 3. The molecule has 7 heteroatoms. The average molecular weight is 461 g/mol. The van der Waals surface area contributed by atoms with Crippen LogP contribution in [0.2, 0.25) is 0 Å². The van der Waals surface area contributed by atoms with Crippen LogP contribution in [0, 0.1) is 6.92 Å². The van der Waals surface area contributed by atoms with Gasteiger partial charge in [0.25, 0.3) is 5.91 Å². The first kappa shape index (κ1) is 22.5. The summed E-state index contributed by atoms with van der Waals surface area (Å²) in [6, 6.07) is 24.8. The molecule has 0 fully saturated rings. The summed E-state index contributed by atoms with van der Waals surface area (Å²) >= 11 is 0. The summed E-state index contributed by atoms with van der Waals surface area (Å²) < 4.78 is 31.1. The first-order valence-electron chi connectivity index (χ1n) is 10.5. The molecule has 0 saturated heterocycles. The van der Waals surface area contributed by atoms with Gasteiger partial charge in [-0.2, -0.15) is 0 Å². The Labute approximate surface area is 193 Å². The van der Waals surface area contributed by atoms with E-state index in [9.17, 15) is 13.2 Å². The Morgan fingerprint density at radius 2 is 1.55 bits per heavy atom. The molecule has 1 heterocycles. The highest BCUT2D eigenvalue weighted by molar-refractivity contribution is 7.90. The summed E-state index contributed by atoms with van der Waals surface area (Å²) in [7, 11) is -3.53. The van der Waals surface area contributed by atoms with Gasteiger partial charge in [-0.05, 0) is 55.8 Å². The monoisotopic (exact) mass is 460 g/mol. The van der Waals surface area contributed by atoms with Crippen LogP contribution in [0.4, 0.5) is 0 Å². The average Bonchev–Trinajstić information content (AvgIpc) is 3.19. The molecule has 0 radical (unpaired) electrons. The van der Waals surface area contributed by atoms with Crippen molar-refractivity contribution >= 4 is 15.7 Å². The van der Waals surface area contributed by atoms with Crippen molar-refractivity contribution in [1.29, 1.82) is 0 Å². The topological polar surface area (TPSA) is 89.3 Å². The van der Waals surface area contributed by atoms with Gasteiger partial charge in [-0.3, -0.25) is 4.79 Å². The minimum Gasteiger partial charge on any atom is -0.441 e. The summed E-state index contributed by atoms with van der Waals surface area (Å²) in [5, 5.41) is 2.98. The molecule has 3 aromatic carbocycles. The van der Waals surface area contributed by atoms with Gasteiger partial charge in [0, 0.05) is 11.1 Å². The number of oxazole rings is 1. The fraction of sp³-hybridized carbons (Fsp3) is 0.154. The Hall–Kier alpha value is -3.71. The van der Waals surface area contributed by atoms with Crippen LogP contribution in [-0.2, 0) is 15.6 Å². The Kier molecular flexibility index (Phi) is 6.42. The van der Waals surface area contributed by atoms with Gasteiger partial charge in [0.2, 0.25) is 5.89 Å². The molecule has 6 nitrogen and oxygen atoms in total. The number of carbonyl (C=O) groups excluding carboxylic acids is 1. The number of hydrogen-bond acceptors (Lipinski definition) is 5. The molecule has 4 aromatic rings. The molecule has 168 valence electrons. The number of sulfone groups is 1. The number of aryl methyl sites for hydroxylation is 1. The lowest BCUT2D eigenvalue weighted by atomic mass is 10.1. The summed E-state index contributed by atoms with van der Waals surface area (Å²) in [5.41, 5.74) is 2.56. The molecule has 0 spiro atoms. The summed E-state index contributed by atoms with van der Waals surface area (Å²) in [5.74, 6) is 0.332. The van der Waals surface area contributed by atoms with Crippen molar-refractivity contribution < 1.29 is 17.6 Å². The van der Waals surface area contributed by atoms with Crippen LogP contribution in [0.25, 0.3) is 11.5 Å². The molecular weight excluding hydrogens is 436 g/mol. The summed E-state index contributed by atoms with van der Waals surface area (Å²) in [6.07, 6.45) is 0. The molecule has 4 rings (SSSR count). The third-order valence-corrected chi connectivity index (χ3v) is 7.01. The highest BCUT2D eigenvalue weighted by atomic mass is 32.2. The zero-order valence-corrected chi connectivity index (χ0v) is 19.2. The number of aromatic nitrogens is 1. The van der Waals surface area contributed by atoms with E-state index < -0.39 is 9.84 Å². The largest absolute Gasteiger partial charge is 0.441 e. The third kappa shape index (κ3) is 5.21. The number of amides is 1. The maximum Gasteiger partial charge on any atom is 0.251 e. The fourth-order valence-electron chi connectivity index (χ4n) is 3.45. The second-order valence-corrected chi connectivity index (χ2v) is 9.77. The molecule has 1 N–H and O–H groups in total. The molecule has 1 aromatic heterocycles. The van der Waals surface area contributed by atoms with Crippen molar-refractivity contribution in [2.45, 2.75) is 30.5 Å². The van der Waals surface area contributed by atoms with E-state index in [4.69, 9.17) is 4.42 Å². The number of nitrogens with one attached hydrogen (secondary N) is 1. The van der Waals surface area contributed by atoms with E-state index >= 15 is 0 Å². The van der Waals surface area contributed by atoms with Gasteiger partial charge in [-0.25, -0.2) is 13.4 Å². The third-order valence-electron chi connectivity index (χ3n) is 5.36. The predicted molar refractivity (Wildman–Crippen MR) is 126 cm³/mol. The first-order valence-corrected chi connectivity index (χ1v) is 12.2. The van der Waals surface area contributed by atoms with Crippen molar-refractivity contribution in [3.63, 3.8) is 0 Å². The van der Waals surface area contributed by atoms with Gasteiger partial charge < -0.3 is 9.73 Å². The van der Waals surface area contributed by atoms with E-state index in [-0.39, 0.29) is 22.6 Å². The molecule has 0 unspecified atom stereocenters. The lowest BCUT2D eigenvalue weighted by molar-refractivity contribution is 0.0940. The Morgan fingerprint density at radius 3 is 2.18 bits per heavy atom. The number of carbonyl (C=O) groups is 1. The van der Waals surface area contributed by atoms with E-state index in [2.05, 4.69) is 10.3 Å². The van der Waals surface area contributed by atoms with Gasteiger partial charge in [-0.1, -0.05) is 48.5 Å². The molecule has 33 heavy (non-hydrogen) atoms. The molecule has 0 aliphatic rings. The number of nitrogens with zero attached hydrogens (tertiary/aromatic N) is 1. The van der Waals surface area contributed by atoms with E-state index in [1.165, 1.54) is 0 Å². The Morgan fingerprint density at radius 1 is 0.939 bits per heavy atom. The van der Waals surface area contributed by atoms with Crippen LogP contribution in [0.3, 0.4) is 0 Å². The van der Waals surface area contributed by atoms with Crippen LogP contribution in [0.1, 0.15) is 40.3 Å². The molecule has 0 saturated carbocycles. The van der Waals surface area contributed by atoms with E-state index in [1.807, 2.05) is 37.3 Å². The van der Waals surface area contributed by atoms with Crippen LogP contribution >= 0.6 is 0 Å². The minimum atomic E-state index is -3.53. The summed E-state index contributed by atoms with van der Waals surface area (Å²) in [6.45, 7) is 3.63. The molecule has 0 aliphatic heterocycles. The second kappa shape index (κ2) is 9.42. The lowest BCUT2D eigenvalue weighted by Crippen LogP contribution is -2.26. The fourth-order valence-corrected chi connectivity index (χ4v) is 4.81. The van der Waals surface area contributed by atoms with Crippen molar-refractivity contribution in [2.75, 3.05) is 0 Å². The van der Waals surface area contributed by atoms with Gasteiger partial charge in [0.15, 0.2) is 9.84 Å². The Bertz CT molecular complexity index is 1350. The van der Waals surface area contributed by atoms with Gasteiger partial charge >= 0.3 is 0 Å². The van der Waals surface area contributed by atoms with E-state index in [0.29, 0.717) is 28.5 Å². The SMILES string of the molecule is Cc1oc(-c2ccc(C(=O)N[C@H](C)c3ccccc3)cc2)nc1CS(=O)(=O)c1ccccc1. The normalized spacial score (nSPS) is 12.3. The highest BCUT2D eigenvalue weighted by Gasteiger charge is 2.21.